The van der Waals surface area contributed by atoms with Gasteiger partial charge < -0.3 is 25.1 Å². The molecule has 0 radical (unpaired) electrons. The van der Waals surface area contributed by atoms with Gasteiger partial charge in [-0.1, -0.05) is 67.4 Å². The zero-order valence-corrected chi connectivity index (χ0v) is 22.9. The summed E-state index contributed by atoms with van der Waals surface area (Å²) < 4.78 is 0. The minimum atomic E-state index is -1.06. The van der Waals surface area contributed by atoms with Crippen LogP contribution in [0, 0.1) is 11.8 Å². The number of urea groups is 1. The monoisotopic (exact) mass is 530 g/mol. The van der Waals surface area contributed by atoms with Crippen LogP contribution in [0.15, 0.2) is 73.3 Å². The molecule has 2 aromatic rings. The van der Waals surface area contributed by atoms with Gasteiger partial charge in [-0.2, -0.15) is 0 Å². The van der Waals surface area contributed by atoms with E-state index >= 15 is 0 Å². The van der Waals surface area contributed by atoms with E-state index in [-0.39, 0.29) is 29.8 Å². The molecule has 5 rings (SSSR count). The lowest BCUT2D eigenvalue weighted by Gasteiger charge is -2.40. The van der Waals surface area contributed by atoms with Crippen LogP contribution < -0.4 is 5.32 Å². The van der Waals surface area contributed by atoms with Gasteiger partial charge in [-0.3, -0.25) is 4.79 Å². The van der Waals surface area contributed by atoms with Crippen molar-refractivity contribution in [1.29, 1.82) is 0 Å². The molecule has 2 aromatic carbocycles. The van der Waals surface area contributed by atoms with Crippen molar-refractivity contribution in [3.8, 4) is 0 Å². The Morgan fingerprint density at radius 2 is 1.64 bits per heavy atom. The number of aliphatic hydroxyl groups is 1. The molecule has 208 valence electrons. The van der Waals surface area contributed by atoms with Crippen molar-refractivity contribution in [2.24, 2.45) is 11.8 Å². The number of nitrogens with one attached hydrogen (secondary N) is 1. The summed E-state index contributed by atoms with van der Waals surface area (Å²) in [5.41, 5.74) is 0.616. The lowest BCUT2D eigenvalue weighted by Crippen LogP contribution is -2.50. The van der Waals surface area contributed by atoms with Crippen molar-refractivity contribution >= 4 is 17.6 Å². The fourth-order valence-electron chi connectivity index (χ4n) is 6.74. The number of rotatable bonds is 8. The first-order valence-electron chi connectivity index (χ1n) is 14.5. The van der Waals surface area contributed by atoms with Crippen LogP contribution in [0.3, 0.4) is 0 Å². The average molecular weight is 531 g/mol. The molecule has 39 heavy (non-hydrogen) atoms. The molecule has 2 saturated heterocycles. The van der Waals surface area contributed by atoms with Crippen molar-refractivity contribution in [3.63, 3.8) is 0 Å². The molecule has 2 heterocycles. The number of nitrogens with zero attached hydrogens (tertiary/aromatic N) is 3. The Morgan fingerprint density at radius 3 is 2.28 bits per heavy atom. The second-order valence-corrected chi connectivity index (χ2v) is 11.5. The van der Waals surface area contributed by atoms with Gasteiger partial charge in [-0.05, 0) is 43.4 Å². The zero-order valence-electron chi connectivity index (χ0n) is 22.9. The Labute approximate surface area is 232 Å². The average Bonchev–Trinajstić information content (AvgIpc) is 3.62. The molecule has 2 aliphatic heterocycles. The quantitative estimate of drug-likeness (QED) is 0.485. The van der Waals surface area contributed by atoms with Crippen LogP contribution in [0.25, 0.3) is 0 Å². The summed E-state index contributed by atoms with van der Waals surface area (Å²) in [5, 5.41) is 15.1. The van der Waals surface area contributed by atoms with E-state index in [0.717, 1.165) is 69.4 Å². The predicted octanol–water partition coefficient (Wildman–Crippen LogP) is 4.71. The maximum atomic E-state index is 13.3. The number of carbonyl (C=O) groups is 2. The Hall–Kier alpha value is -3.16. The summed E-state index contributed by atoms with van der Waals surface area (Å²) in [7, 11) is 0. The van der Waals surface area contributed by atoms with E-state index in [1.54, 1.807) is 6.08 Å². The molecule has 0 unspecified atom stereocenters. The predicted molar refractivity (Wildman–Crippen MR) is 154 cm³/mol. The smallest absolute Gasteiger partial charge is 0.322 e. The van der Waals surface area contributed by atoms with E-state index in [1.165, 1.54) is 0 Å². The van der Waals surface area contributed by atoms with Gasteiger partial charge in [0.15, 0.2) is 0 Å². The van der Waals surface area contributed by atoms with Crippen molar-refractivity contribution in [1.82, 2.24) is 14.7 Å². The largest absolute Gasteiger partial charge is 0.383 e. The Bertz CT molecular complexity index is 1110. The van der Waals surface area contributed by atoms with Gasteiger partial charge in [-0.15, -0.1) is 6.58 Å². The third-order valence-electron chi connectivity index (χ3n) is 8.93. The molecule has 0 aromatic heterocycles. The van der Waals surface area contributed by atoms with Crippen molar-refractivity contribution in [3.05, 3.63) is 78.9 Å². The Morgan fingerprint density at radius 1 is 1.00 bits per heavy atom. The van der Waals surface area contributed by atoms with E-state index in [9.17, 15) is 14.7 Å². The normalized spacial score (nSPS) is 24.5. The topological polar surface area (TPSA) is 76.1 Å². The molecular formula is C32H42N4O3. The summed E-state index contributed by atoms with van der Waals surface area (Å²) in [6.45, 7) is 7.73. The van der Waals surface area contributed by atoms with E-state index in [4.69, 9.17) is 0 Å². The molecule has 2 atom stereocenters. The highest BCUT2D eigenvalue weighted by Crippen LogP contribution is 2.40. The minimum Gasteiger partial charge on any atom is -0.383 e. The molecule has 0 bridgehead atoms. The SMILES string of the molecule is C=CCN(C(=O)Nc1ccccc1)C1CCN(C[C@H]2CN(C(=O)C3CCCC3)C[C@]2(O)c2ccccc2)CC1. The molecular weight excluding hydrogens is 488 g/mol. The Kier molecular flexibility index (Phi) is 8.68. The number of para-hydroxylation sites is 1. The van der Waals surface area contributed by atoms with Gasteiger partial charge in [0.2, 0.25) is 5.91 Å². The second kappa shape index (κ2) is 12.3. The van der Waals surface area contributed by atoms with Crippen molar-refractivity contribution in [2.45, 2.75) is 50.2 Å². The molecule has 1 aliphatic carbocycles. The molecule has 3 fully saturated rings. The van der Waals surface area contributed by atoms with Crippen molar-refractivity contribution in [2.75, 3.05) is 44.6 Å². The summed E-state index contributed by atoms with van der Waals surface area (Å²) in [6.07, 6.45) is 7.68. The van der Waals surface area contributed by atoms with E-state index in [0.29, 0.717) is 19.6 Å². The molecule has 7 nitrogen and oxygen atoms in total. The molecule has 3 aliphatic rings. The third-order valence-corrected chi connectivity index (χ3v) is 8.93. The number of piperidine rings is 1. The van der Waals surface area contributed by atoms with E-state index < -0.39 is 5.60 Å². The minimum absolute atomic E-state index is 0.0625. The number of hydrogen-bond acceptors (Lipinski definition) is 4. The van der Waals surface area contributed by atoms with Crippen LogP contribution in [0.1, 0.15) is 44.1 Å². The van der Waals surface area contributed by atoms with Crippen LogP contribution >= 0.6 is 0 Å². The van der Waals surface area contributed by atoms with Crippen molar-refractivity contribution < 1.29 is 14.7 Å². The highest BCUT2D eigenvalue weighted by Gasteiger charge is 2.49. The maximum Gasteiger partial charge on any atom is 0.322 e. The number of amides is 3. The maximum absolute atomic E-state index is 13.3. The fourth-order valence-corrected chi connectivity index (χ4v) is 6.74. The van der Waals surface area contributed by atoms with Crippen LogP contribution in [-0.2, 0) is 10.4 Å². The molecule has 1 saturated carbocycles. The lowest BCUT2D eigenvalue weighted by atomic mass is 9.83. The third kappa shape index (κ3) is 6.20. The lowest BCUT2D eigenvalue weighted by molar-refractivity contribution is -0.135. The number of hydrogen-bond donors (Lipinski definition) is 2. The summed E-state index contributed by atoms with van der Waals surface area (Å²) >= 11 is 0. The number of carbonyl (C=O) groups excluding carboxylic acids is 2. The van der Waals surface area contributed by atoms with Gasteiger partial charge in [0.25, 0.3) is 0 Å². The fraction of sp³-hybridized carbons (Fsp3) is 0.500. The van der Waals surface area contributed by atoms with Gasteiger partial charge in [0.1, 0.15) is 5.60 Å². The van der Waals surface area contributed by atoms with Crippen LogP contribution in [0.5, 0.6) is 0 Å². The highest BCUT2D eigenvalue weighted by molar-refractivity contribution is 5.89. The standard InChI is InChI=1S/C32H42N4O3/c1-2-19-36(31(38)33-28-15-7-4-8-16-28)29-17-20-34(21-18-29)22-27-23-35(30(37)25-11-9-10-12-25)24-32(27,39)26-13-5-3-6-14-26/h2-8,13-16,25,27,29,39H,1,9-12,17-24H2,(H,33,38)/t27-,32-/m0/s1. The van der Waals surface area contributed by atoms with E-state index in [2.05, 4.69) is 16.8 Å². The Balaban J connectivity index is 1.23. The molecule has 0 spiro atoms. The van der Waals surface area contributed by atoms with Gasteiger partial charge in [-0.25, -0.2) is 4.79 Å². The first kappa shape index (κ1) is 27.4. The summed E-state index contributed by atoms with van der Waals surface area (Å²) in [4.78, 5) is 32.6. The van der Waals surface area contributed by atoms with Crippen LogP contribution in [0.4, 0.5) is 10.5 Å². The first-order valence-corrected chi connectivity index (χ1v) is 14.5. The van der Waals surface area contributed by atoms with Gasteiger partial charge in [0.05, 0.1) is 6.54 Å². The number of benzene rings is 2. The van der Waals surface area contributed by atoms with Gasteiger partial charge in [0, 0.05) is 56.3 Å². The van der Waals surface area contributed by atoms with Crippen LogP contribution in [0.2, 0.25) is 0 Å². The number of anilines is 1. The summed E-state index contributed by atoms with van der Waals surface area (Å²) in [6, 6.07) is 19.4. The summed E-state index contributed by atoms with van der Waals surface area (Å²) in [5.74, 6) is 0.261. The zero-order chi connectivity index (χ0) is 27.2. The second-order valence-electron chi connectivity index (χ2n) is 11.5. The van der Waals surface area contributed by atoms with Gasteiger partial charge >= 0.3 is 6.03 Å². The number of likely N-dealkylation sites (tertiary alicyclic amines) is 2. The number of β-amino-alcohol motifs (C(OH)–C–C–N with tert-alkyl or cyclic N) is 1. The molecule has 2 N–H and O–H groups in total. The molecule has 3 amide bonds. The highest BCUT2D eigenvalue weighted by atomic mass is 16.3. The molecule has 7 heteroatoms. The van der Waals surface area contributed by atoms with Crippen LogP contribution in [-0.4, -0.2) is 77.1 Å². The van der Waals surface area contributed by atoms with E-state index in [1.807, 2.05) is 70.5 Å². The first-order chi connectivity index (χ1) is 19.0.